The Kier molecular flexibility index (Phi) is 4.26. The summed E-state index contributed by atoms with van der Waals surface area (Å²) in [5, 5.41) is 3.13. The number of hydrogen-bond donors (Lipinski definition) is 1. The molecule has 4 nitrogen and oxygen atoms in total. The van der Waals surface area contributed by atoms with Crippen LogP contribution < -0.4 is 5.32 Å². The summed E-state index contributed by atoms with van der Waals surface area (Å²) >= 11 is 5.76. The molecule has 0 aliphatic carbocycles. The lowest BCUT2D eigenvalue weighted by atomic mass is 10.2. The van der Waals surface area contributed by atoms with Gasteiger partial charge in [0.2, 0.25) is 0 Å². The average Bonchev–Trinajstić information content (AvgIpc) is 2.14. The van der Waals surface area contributed by atoms with Crippen LogP contribution in [0.25, 0.3) is 0 Å². The Hall–Kier alpha value is -1.13. The zero-order valence-electron chi connectivity index (χ0n) is 9.58. The van der Waals surface area contributed by atoms with Gasteiger partial charge in [0, 0.05) is 11.2 Å². The molecule has 5 heteroatoms. The zero-order valence-corrected chi connectivity index (χ0v) is 10.3. The summed E-state index contributed by atoms with van der Waals surface area (Å²) in [4.78, 5) is 15.4. The van der Waals surface area contributed by atoms with E-state index in [-0.39, 0.29) is 18.1 Å². The molecule has 0 atom stereocenters. The van der Waals surface area contributed by atoms with Gasteiger partial charge in [-0.1, -0.05) is 11.6 Å². The molecule has 1 aromatic heterocycles. The minimum atomic E-state index is -0.334. The molecule has 0 aromatic carbocycles. The molecule has 1 amide bonds. The van der Waals surface area contributed by atoms with E-state index in [1.165, 1.54) is 6.20 Å². The fourth-order valence-corrected chi connectivity index (χ4v) is 1.09. The van der Waals surface area contributed by atoms with Crippen molar-refractivity contribution in [3.63, 3.8) is 0 Å². The molecule has 16 heavy (non-hydrogen) atoms. The summed E-state index contributed by atoms with van der Waals surface area (Å²) in [6.45, 7) is 5.66. The van der Waals surface area contributed by atoms with Crippen LogP contribution in [0.5, 0.6) is 0 Å². The number of amides is 1. The van der Waals surface area contributed by atoms with Crippen molar-refractivity contribution >= 4 is 23.3 Å². The third-order valence-corrected chi connectivity index (χ3v) is 1.86. The number of nitrogens with one attached hydrogen (secondary N) is 1. The van der Waals surface area contributed by atoms with Gasteiger partial charge in [-0.15, -0.1) is 0 Å². The first-order valence-electron chi connectivity index (χ1n) is 4.92. The van der Waals surface area contributed by atoms with Gasteiger partial charge in [0.05, 0.1) is 5.60 Å². The van der Waals surface area contributed by atoms with E-state index in [9.17, 15) is 4.79 Å². The van der Waals surface area contributed by atoms with Gasteiger partial charge in [-0.2, -0.15) is 0 Å². The molecular weight excluding hydrogens is 228 g/mol. The van der Waals surface area contributed by atoms with E-state index in [4.69, 9.17) is 16.3 Å². The Morgan fingerprint density at radius 3 is 2.81 bits per heavy atom. The number of anilines is 1. The third-order valence-electron chi connectivity index (χ3n) is 1.63. The number of halogens is 1. The van der Waals surface area contributed by atoms with Crippen LogP contribution in [-0.4, -0.2) is 23.1 Å². The maximum atomic E-state index is 11.5. The molecule has 0 fully saturated rings. The maximum Gasteiger partial charge on any atom is 0.251 e. The highest BCUT2D eigenvalue weighted by Gasteiger charge is 2.13. The Balaban J connectivity index is 2.46. The van der Waals surface area contributed by atoms with Crippen molar-refractivity contribution < 1.29 is 9.53 Å². The van der Waals surface area contributed by atoms with E-state index in [1.807, 2.05) is 20.8 Å². The molecule has 1 heterocycles. The van der Waals surface area contributed by atoms with Gasteiger partial charge in [-0.25, -0.2) is 4.98 Å². The van der Waals surface area contributed by atoms with Gasteiger partial charge in [-0.3, -0.25) is 4.79 Å². The minimum absolute atomic E-state index is 0.00229. The number of ether oxygens (including phenoxy) is 1. The second-order valence-corrected chi connectivity index (χ2v) is 4.74. The molecule has 0 unspecified atom stereocenters. The highest BCUT2D eigenvalue weighted by molar-refractivity contribution is 6.30. The number of nitrogens with zero attached hydrogens (tertiary/aromatic N) is 1. The fraction of sp³-hybridized carbons (Fsp3) is 0.455. The van der Waals surface area contributed by atoms with Crippen molar-refractivity contribution in [2.75, 3.05) is 11.9 Å². The Bertz CT molecular complexity index is 374. The van der Waals surface area contributed by atoms with Crippen LogP contribution in [0.15, 0.2) is 18.3 Å². The number of pyridine rings is 1. The van der Waals surface area contributed by atoms with Crippen molar-refractivity contribution in [1.82, 2.24) is 4.98 Å². The lowest BCUT2D eigenvalue weighted by molar-refractivity contribution is -0.125. The largest absolute Gasteiger partial charge is 0.366 e. The second-order valence-electron chi connectivity index (χ2n) is 4.31. The average molecular weight is 243 g/mol. The van der Waals surface area contributed by atoms with Gasteiger partial charge in [-0.05, 0) is 32.9 Å². The first kappa shape index (κ1) is 12.9. The van der Waals surface area contributed by atoms with Crippen molar-refractivity contribution in [2.24, 2.45) is 0 Å². The van der Waals surface area contributed by atoms with E-state index in [0.29, 0.717) is 10.8 Å². The standard InChI is InChI=1S/C11H15ClN2O2/c1-11(2,3)16-7-10(15)14-9-6-8(12)4-5-13-9/h4-6H,7H2,1-3H3,(H,13,14,15). The number of rotatable bonds is 3. The number of hydrogen-bond acceptors (Lipinski definition) is 3. The van der Waals surface area contributed by atoms with Gasteiger partial charge in [0.15, 0.2) is 0 Å². The van der Waals surface area contributed by atoms with Crippen LogP contribution >= 0.6 is 11.6 Å². The van der Waals surface area contributed by atoms with Crippen molar-refractivity contribution in [2.45, 2.75) is 26.4 Å². The molecule has 0 bridgehead atoms. The Labute approximate surface area is 100.0 Å². The molecule has 0 saturated heterocycles. The van der Waals surface area contributed by atoms with Crippen LogP contribution in [0.2, 0.25) is 5.02 Å². The van der Waals surface area contributed by atoms with Crippen LogP contribution in [0.3, 0.4) is 0 Å². The zero-order chi connectivity index (χ0) is 12.2. The summed E-state index contributed by atoms with van der Waals surface area (Å²) < 4.78 is 5.32. The summed E-state index contributed by atoms with van der Waals surface area (Å²) in [6, 6.07) is 3.22. The topological polar surface area (TPSA) is 51.2 Å². The normalized spacial score (nSPS) is 11.2. The van der Waals surface area contributed by atoms with E-state index >= 15 is 0 Å². The quantitative estimate of drug-likeness (QED) is 0.886. The first-order chi connectivity index (χ1) is 7.37. The summed E-state index contributed by atoms with van der Waals surface area (Å²) in [5.41, 5.74) is -0.334. The molecule has 0 saturated carbocycles. The van der Waals surface area contributed by atoms with Crippen LogP contribution in [0.4, 0.5) is 5.82 Å². The van der Waals surface area contributed by atoms with Gasteiger partial charge in [0.25, 0.3) is 5.91 Å². The number of aromatic nitrogens is 1. The molecule has 0 aliphatic rings. The van der Waals surface area contributed by atoms with E-state index < -0.39 is 0 Å². The molecule has 1 rings (SSSR count). The predicted octanol–water partition coefficient (Wildman–Crippen LogP) is 2.49. The van der Waals surface area contributed by atoms with Crippen molar-refractivity contribution in [3.05, 3.63) is 23.4 Å². The second kappa shape index (κ2) is 5.27. The van der Waals surface area contributed by atoms with E-state index in [1.54, 1.807) is 12.1 Å². The lowest BCUT2D eigenvalue weighted by Crippen LogP contribution is -2.27. The molecule has 1 N–H and O–H groups in total. The summed E-state index contributed by atoms with van der Waals surface area (Å²) in [6.07, 6.45) is 1.53. The molecular formula is C11H15ClN2O2. The summed E-state index contributed by atoms with van der Waals surface area (Å²) in [5.74, 6) is 0.180. The maximum absolute atomic E-state index is 11.5. The van der Waals surface area contributed by atoms with Crippen molar-refractivity contribution in [3.8, 4) is 0 Å². The lowest BCUT2D eigenvalue weighted by Gasteiger charge is -2.18. The van der Waals surface area contributed by atoms with Gasteiger partial charge < -0.3 is 10.1 Å². The monoisotopic (exact) mass is 242 g/mol. The van der Waals surface area contributed by atoms with Crippen LogP contribution in [0, 0.1) is 0 Å². The first-order valence-corrected chi connectivity index (χ1v) is 5.30. The number of carbonyl (C=O) groups is 1. The number of carbonyl (C=O) groups excluding carboxylic acids is 1. The van der Waals surface area contributed by atoms with Gasteiger partial charge >= 0.3 is 0 Å². The van der Waals surface area contributed by atoms with E-state index in [2.05, 4.69) is 10.3 Å². The summed E-state index contributed by atoms with van der Waals surface area (Å²) in [7, 11) is 0. The van der Waals surface area contributed by atoms with Crippen LogP contribution in [0.1, 0.15) is 20.8 Å². The molecule has 0 radical (unpaired) electrons. The Morgan fingerprint density at radius 2 is 2.25 bits per heavy atom. The SMILES string of the molecule is CC(C)(C)OCC(=O)Nc1cc(Cl)ccn1. The van der Waals surface area contributed by atoms with E-state index in [0.717, 1.165) is 0 Å². The highest BCUT2D eigenvalue weighted by atomic mass is 35.5. The Morgan fingerprint density at radius 1 is 1.56 bits per heavy atom. The molecule has 1 aromatic rings. The third kappa shape index (κ3) is 5.09. The minimum Gasteiger partial charge on any atom is -0.366 e. The van der Waals surface area contributed by atoms with Crippen molar-refractivity contribution in [1.29, 1.82) is 0 Å². The van der Waals surface area contributed by atoms with Crippen LogP contribution in [-0.2, 0) is 9.53 Å². The molecule has 0 aliphatic heterocycles. The van der Waals surface area contributed by atoms with Gasteiger partial charge in [0.1, 0.15) is 12.4 Å². The molecule has 88 valence electrons. The smallest absolute Gasteiger partial charge is 0.251 e. The fourth-order valence-electron chi connectivity index (χ4n) is 0.934. The highest BCUT2D eigenvalue weighted by Crippen LogP contribution is 2.12. The molecule has 0 spiro atoms. The predicted molar refractivity (Wildman–Crippen MR) is 63.6 cm³/mol.